The number of hydrogen-bond donors (Lipinski definition) is 1. The van der Waals surface area contributed by atoms with E-state index in [0.29, 0.717) is 41.7 Å². The second-order valence-corrected chi connectivity index (χ2v) is 3.59. The van der Waals surface area contributed by atoms with Gasteiger partial charge >= 0.3 is 0 Å². The van der Waals surface area contributed by atoms with Gasteiger partial charge in [-0.1, -0.05) is 11.2 Å². The van der Waals surface area contributed by atoms with Crippen LogP contribution in [-0.2, 0) is 6.42 Å². The third-order valence-corrected chi connectivity index (χ3v) is 2.48. The van der Waals surface area contributed by atoms with Crippen LogP contribution in [0.3, 0.4) is 0 Å². The Morgan fingerprint density at radius 1 is 1.22 bits per heavy atom. The van der Waals surface area contributed by atoms with Crippen LogP contribution in [0.1, 0.15) is 5.89 Å². The number of methoxy groups -OCH3 is 2. The number of hydrogen-bond acceptors (Lipinski definition) is 6. The standard InChI is InChI=1S/C12H15N3O3/c1-16-8-4-3-5-9(17-2)11(8)12-14-10(6-7-13)18-15-12/h3-5H,6-7,13H2,1-2H3. The molecule has 1 aromatic carbocycles. The first-order chi connectivity index (χ1) is 8.80. The van der Waals surface area contributed by atoms with Crippen molar-refractivity contribution in [2.24, 2.45) is 5.73 Å². The summed E-state index contributed by atoms with van der Waals surface area (Å²) in [5.74, 6) is 2.21. The fourth-order valence-electron chi connectivity index (χ4n) is 1.65. The van der Waals surface area contributed by atoms with Crippen molar-refractivity contribution in [2.75, 3.05) is 20.8 Å². The van der Waals surface area contributed by atoms with Gasteiger partial charge in [-0.3, -0.25) is 0 Å². The van der Waals surface area contributed by atoms with Gasteiger partial charge in [0.05, 0.1) is 14.2 Å². The zero-order chi connectivity index (χ0) is 13.0. The van der Waals surface area contributed by atoms with E-state index in [1.165, 1.54) is 0 Å². The molecule has 0 saturated heterocycles. The van der Waals surface area contributed by atoms with Crippen LogP contribution in [-0.4, -0.2) is 30.9 Å². The highest BCUT2D eigenvalue weighted by atomic mass is 16.5. The molecule has 2 N–H and O–H groups in total. The van der Waals surface area contributed by atoms with E-state index in [2.05, 4.69) is 10.1 Å². The summed E-state index contributed by atoms with van der Waals surface area (Å²) >= 11 is 0. The summed E-state index contributed by atoms with van der Waals surface area (Å²) in [6, 6.07) is 5.47. The molecule has 0 unspecified atom stereocenters. The number of nitrogens with zero attached hydrogens (tertiary/aromatic N) is 2. The quantitative estimate of drug-likeness (QED) is 0.858. The topological polar surface area (TPSA) is 83.4 Å². The van der Waals surface area contributed by atoms with Crippen molar-refractivity contribution in [2.45, 2.75) is 6.42 Å². The molecular formula is C12H15N3O3. The average molecular weight is 249 g/mol. The van der Waals surface area contributed by atoms with Crippen molar-refractivity contribution in [3.63, 3.8) is 0 Å². The predicted molar refractivity (Wildman–Crippen MR) is 65.6 cm³/mol. The van der Waals surface area contributed by atoms with Gasteiger partial charge in [-0.25, -0.2) is 0 Å². The summed E-state index contributed by atoms with van der Waals surface area (Å²) in [4.78, 5) is 4.27. The van der Waals surface area contributed by atoms with Gasteiger partial charge < -0.3 is 19.7 Å². The van der Waals surface area contributed by atoms with E-state index >= 15 is 0 Å². The number of nitrogens with two attached hydrogens (primary N) is 1. The fraction of sp³-hybridized carbons (Fsp3) is 0.333. The molecule has 0 radical (unpaired) electrons. The van der Waals surface area contributed by atoms with Crippen molar-refractivity contribution in [1.82, 2.24) is 10.1 Å². The van der Waals surface area contributed by atoms with E-state index in [9.17, 15) is 0 Å². The highest BCUT2D eigenvalue weighted by Gasteiger charge is 2.17. The SMILES string of the molecule is COc1cccc(OC)c1-c1noc(CCN)n1. The van der Waals surface area contributed by atoms with Crippen LogP contribution >= 0.6 is 0 Å². The Morgan fingerprint density at radius 3 is 2.44 bits per heavy atom. The van der Waals surface area contributed by atoms with Crippen LogP contribution in [0.25, 0.3) is 11.4 Å². The number of benzene rings is 1. The second kappa shape index (κ2) is 5.50. The summed E-state index contributed by atoms with van der Waals surface area (Å²) in [5.41, 5.74) is 6.12. The molecule has 0 amide bonds. The maximum atomic E-state index is 5.44. The molecule has 2 rings (SSSR count). The molecule has 1 heterocycles. The molecule has 0 bridgehead atoms. The first kappa shape index (κ1) is 12.4. The van der Waals surface area contributed by atoms with Gasteiger partial charge in [0.1, 0.15) is 17.1 Å². The van der Waals surface area contributed by atoms with Gasteiger partial charge in [0.15, 0.2) is 0 Å². The van der Waals surface area contributed by atoms with Crippen molar-refractivity contribution in [3.05, 3.63) is 24.1 Å². The van der Waals surface area contributed by atoms with Crippen LogP contribution < -0.4 is 15.2 Å². The summed E-state index contributed by atoms with van der Waals surface area (Å²) in [5, 5.41) is 3.92. The van der Waals surface area contributed by atoms with Crippen LogP contribution in [0.5, 0.6) is 11.5 Å². The molecule has 96 valence electrons. The molecule has 2 aromatic rings. The minimum absolute atomic E-state index is 0.438. The third-order valence-electron chi connectivity index (χ3n) is 2.48. The lowest BCUT2D eigenvalue weighted by molar-refractivity contribution is 0.377. The summed E-state index contributed by atoms with van der Waals surface area (Å²) < 4.78 is 15.7. The van der Waals surface area contributed by atoms with Crippen molar-refractivity contribution in [1.29, 1.82) is 0 Å². The van der Waals surface area contributed by atoms with Gasteiger partial charge in [0.25, 0.3) is 0 Å². The van der Waals surface area contributed by atoms with E-state index in [1.54, 1.807) is 14.2 Å². The molecule has 1 aromatic heterocycles. The van der Waals surface area contributed by atoms with Gasteiger partial charge in [0, 0.05) is 13.0 Å². The minimum Gasteiger partial charge on any atom is -0.496 e. The van der Waals surface area contributed by atoms with Gasteiger partial charge in [0.2, 0.25) is 11.7 Å². The second-order valence-electron chi connectivity index (χ2n) is 3.59. The number of rotatable bonds is 5. The highest BCUT2D eigenvalue weighted by molar-refractivity contribution is 5.71. The normalized spacial score (nSPS) is 10.4. The van der Waals surface area contributed by atoms with E-state index < -0.39 is 0 Å². The smallest absolute Gasteiger partial charge is 0.228 e. The molecule has 0 saturated carbocycles. The molecule has 6 nitrogen and oxygen atoms in total. The summed E-state index contributed by atoms with van der Waals surface area (Å²) in [7, 11) is 3.16. The largest absolute Gasteiger partial charge is 0.496 e. The Bertz CT molecular complexity index is 503. The van der Waals surface area contributed by atoms with Gasteiger partial charge in [-0.15, -0.1) is 0 Å². The highest BCUT2D eigenvalue weighted by Crippen LogP contribution is 2.36. The monoisotopic (exact) mass is 249 g/mol. The number of aromatic nitrogens is 2. The Morgan fingerprint density at radius 2 is 1.89 bits per heavy atom. The maximum absolute atomic E-state index is 5.44. The van der Waals surface area contributed by atoms with Crippen LogP contribution in [0.15, 0.2) is 22.7 Å². The fourth-order valence-corrected chi connectivity index (χ4v) is 1.65. The van der Waals surface area contributed by atoms with E-state index in [-0.39, 0.29) is 0 Å². The van der Waals surface area contributed by atoms with Gasteiger partial charge in [-0.05, 0) is 12.1 Å². The third kappa shape index (κ3) is 2.28. The van der Waals surface area contributed by atoms with Crippen LogP contribution in [0.4, 0.5) is 0 Å². The lowest BCUT2D eigenvalue weighted by atomic mass is 10.1. The van der Waals surface area contributed by atoms with Crippen molar-refractivity contribution in [3.8, 4) is 22.9 Å². The van der Waals surface area contributed by atoms with E-state index in [0.717, 1.165) is 0 Å². The molecule has 0 fully saturated rings. The maximum Gasteiger partial charge on any atom is 0.228 e. The molecule has 0 aliphatic heterocycles. The molecule has 0 atom stereocenters. The first-order valence-corrected chi connectivity index (χ1v) is 5.54. The lowest BCUT2D eigenvalue weighted by Gasteiger charge is -2.09. The van der Waals surface area contributed by atoms with Crippen LogP contribution in [0.2, 0.25) is 0 Å². The number of ether oxygens (including phenoxy) is 2. The molecule has 6 heteroatoms. The molecule has 18 heavy (non-hydrogen) atoms. The molecule has 0 aliphatic carbocycles. The summed E-state index contributed by atoms with van der Waals surface area (Å²) in [6.07, 6.45) is 0.546. The summed E-state index contributed by atoms with van der Waals surface area (Å²) in [6.45, 7) is 0.463. The predicted octanol–water partition coefficient (Wildman–Crippen LogP) is 1.25. The van der Waals surface area contributed by atoms with Crippen molar-refractivity contribution < 1.29 is 14.0 Å². The molecular weight excluding hydrogens is 234 g/mol. The minimum atomic E-state index is 0.438. The molecule has 0 aliphatic rings. The van der Waals surface area contributed by atoms with Crippen LogP contribution in [0, 0.1) is 0 Å². The Labute approximate surface area is 105 Å². The average Bonchev–Trinajstić information content (AvgIpc) is 2.86. The first-order valence-electron chi connectivity index (χ1n) is 5.54. The van der Waals surface area contributed by atoms with Gasteiger partial charge in [-0.2, -0.15) is 4.98 Å². The Balaban J connectivity index is 2.47. The van der Waals surface area contributed by atoms with E-state index in [1.807, 2.05) is 18.2 Å². The van der Waals surface area contributed by atoms with E-state index in [4.69, 9.17) is 19.7 Å². The zero-order valence-electron chi connectivity index (χ0n) is 10.3. The Kier molecular flexibility index (Phi) is 3.78. The Hall–Kier alpha value is -2.08. The molecule has 0 spiro atoms. The lowest BCUT2D eigenvalue weighted by Crippen LogP contribution is -2.02. The van der Waals surface area contributed by atoms with Crippen molar-refractivity contribution >= 4 is 0 Å². The zero-order valence-corrected chi connectivity index (χ0v) is 10.3.